The van der Waals surface area contributed by atoms with E-state index < -0.39 is 0 Å². The first-order valence-electron chi connectivity index (χ1n) is 5.97. The molecule has 1 aliphatic rings. The Morgan fingerprint density at radius 1 is 1.23 bits per heavy atom. The largest absolute Gasteiger partial charge is 0.314 e. The van der Waals surface area contributed by atoms with Crippen molar-refractivity contribution in [3.63, 3.8) is 0 Å². The molecule has 1 saturated carbocycles. The van der Waals surface area contributed by atoms with Gasteiger partial charge in [0, 0.05) is 6.04 Å². The molecule has 0 aliphatic heterocycles. The van der Waals surface area contributed by atoms with E-state index in [2.05, 4.69) is 26.1 Å². The fourth-order valence-corrected chi connectivity index (χ4v) is 2.43. The minimum Gasteiger partial charge on any atom is -0.314 e. The Kier molecular flexibility index (Phi) is 4.79. The third kappa shape index (κ3) is 3.68. The first kappa shape index (κ1) is 11.0. The minimum atomic E-state index is 0.808. The van der Waals surface area contributed by atoms with Crippen LogP contribution in [0.3, 0.4) is 0 Å². The molecule has 0 heterocycles. The third-order valence-electron chi connectivity index (χ3n) is 3.37. The lowest BCUT2D eigenvalue weighted by Crippen LogP contribution is -2.39. The van der Waals surface area contributed by atoms with E-state index in [1.54, 1.807) is 0 Å². The molecule has 13 heavy (non-hydrogen) atoms. The van der Waals surface area contributed by atoms with Crippen LogP contribution in [0.4, 0.5) is 0 Å². The summed E-state index contributed by atoms with van der Waals surface area (Å²) in [6, 6.07) is 0.808. The van der Waals surface area contributed by atoms with Crippen molar-refractivity contribution in [2.45, 2.75) is 58.9 Å². The smallest absolute Gasteiger partial charge is 0.00928 e. The molecule has 1 fully saturated rings. The molecule has 1 N–H and O–H groups in total. The summed E-state index contributed by atoms with van der Waals surface area (Å²) in [7, 11) is 0. The van der Waals surface area contributed by atoms with Crippen LogP contribution in [-0.4, -0.2) is 12.6 Å². The summed E-state index contributed by atoms with van der Waals surface area (Å²) in [4.78, 5) is 0. The van der Waals surface area contributed by atoms with E-state index in [0.29, 0.717) is 0 Å². The Bertz CT molecular complexity index is 133. The lowest BCUT2D eigenvalue weighted by atomic mass is 9.80. The average Bonchev–Trinajstić information content (AvgIpc) is 2.09. The molecule has 0 radical (unpaired) electrons. The topological polar surface area (TPSA) is 12.0 Å². The van der Waals surface area contributed by atoms with Crippen molar-refractivity contribution in [3.05, 3.63) is 0 Å². The Morgan fingerprint density at radius 3 is 2.62 bits per heavy atom. The third-order valence-corrected chi connectivity index (χ3v) is 3.37. The zero-order chi connectivity index (χ0) is 9.68. The van der Waals surface area contributed by atoms with E-state index in [0.717, 1.165) is 17.9 Å². The van der Waals surface area contributed by atoms with Gasteiger partial charge in [-0.2, -0.15) is 0 Å². The molecule has 0 amide bonds. The highest BCUT2D eigenvalue weighted by Crippen LogP contribution is 2.28. The molecule has 0 bridgehead atoms. The summed E-state index contributed by atoms with van der Waals surface area (Å²) in [5, 5.41) is 3.69. The lowest BCUT2D eigenvalue weighted by molar-refractivity contribution is 0.228. The quantitative estimate of drug-likeness (QED) is 0.660. The summed E-state index contributed by atoms with van der Waals surface area (Å²) in [6.07, 6.45) is 6.88. The van der Waals surface area contributed by atoms with Crippen molar-refractivity contribution >= 4 is 0 Å². The van der Waals surface area contributed by atoms with Crippen LogP contribution in [0.25, 0.3) is 0 Å². The Hall–Kier alpha value is -0.0400. The number of hydrogen-bond donors (Lipinski definition) is 1. The lowest BCUT2D eigenvalue weighted by Gasteiger charge is -2.33. The van der Waals surface area contributed by atoms with Gasteiger partial charge in [0.05, 0.1) is 0 Å². The maximum atomic E-state index is 3.69. The van der Waals surface area contributed by atoms with Gasteiger partial charge in [0.25, 0.3) is 0 Å². The van der Waals surface area contributed by atoms with Crippen LogP contribution in [0.5, 0.6) is 0 Å². The van der Waals surface area contributed by atoms with Gasteiger partial charge >= 0.3 is 0 Å². The van der Waals surface area contributed by atoms with E-state index in [1.807, 2.05) is 0 Å². The second-order valence-electron chi connectivity index (χ2n) is 4.81. The van der Waals surface area contributed by atoms with Crippen LogP contribution in [0.1, 0.15) is 52.9 Å². The summed E-state index contributed by atoms with van der Waals surface area (Å²) in [6.45, 7) is 8.27. The molecule has 1 aliphatic carbocycles. The van der Waals surface area contributed by atoms with E-state index in [1.165, 1.54) is 38.6 Å². The summed E-state index contributed by atoms with van der Waals surface area (Å²) >= 11 is 0. The summed E-state index contributed by atoms with van der Waals surface area (Å²) < 4.78 is 0. The first-order chi connectivity index (χ1) is 6.24. The van der Waals surface area contributed by atoms with E-state index >= 15 is 0 Å². The summed E-state index contributed by atoms with van der Waals surface area (Å²) in [5.41, 5.74) is 0. The molecule has 0 saturated heterocycles. The second-order valence-corrected chi connectivity index (χ2v) is 4.81. The average molecular weight is 183 g/mol. The van der Waals surface area contributed by atoms with Crippen LogP contribution < -0.4 is 5.32 Å². The zero-order valence-corrected chi connectivity index (χ0v) is 9.47. The predicted octanol–water partition coefficient (Wildman–Crippen LogP) is 3.20. The Morgan fingerprint density at radius 2 is 2.00 bits per heavy atom. The van der Waals surface area contributed by atoms with Crippen LogP contribution in [0, 0.1) is 11.8 Å². The highest BCUT2D eigenvalue weighted by molar-refractivity contribution is 4.80. The van der Waals surface area contributed by atoms with Gasteiger partial charge in [-0.1, -0.05) is 27.2 Å². The predicted molar refractivity (Wildman–Crippen MR) is 58.9 cm³/mol. The van der Waals surface area contributed by atoms with Crippen LogP contribution in [0.2, 0.25) is 0 Å². The molecule has 1 rings (SSSR count). The highest BCUT2D eigenvalue weighted by Gasteiger charge is 2.24. The zero-order valence-electron chi connectivity index (χ0n) is 9.47. The molecule has 0 aromatic rings. The number of unbranched alkanes of at least 4 members (excludes halogenated alkanes) is 1. The van der Waals surface area contributed by atoms with Crippen LogP contribution >= 0.6 is 0 Å². The molecule has 0 aromatic carbocycles. The van der Waals surface area contributed by atoms with Crippen molar-refractivity contribution < 1.29 is 0 Å². The molecular weight excluding hydrogens is 158 g/mol. The Labute approximate surface area is 83.3 Å². The molecule has 1 heteroatoms. The molecule has 78 valence electrons. The van der Waals surface area contributed by atoms with Crippen LogP contribution in [-0.2, 0) is 0 Å². The van der Waals surface area contributed by atoms with Gasteiger partial charge in [0.15, 0.2) is 0 Å². The second kappa shape index (κ2) is 5.64. The van der Waals surface area contributed by atoms with Gasteiger partial charge in [-0.3, -0.25) is 0 Å². The minimum absolute atomic E-state index is 0.808. The SMILES string of the molecule is CCCCNC1CCC(C)CC1C. The molecule has 0 aromatic heterocycles. The van der Waals surface area contributed by atoms with Crippen molar-refractivity contribution in [3.8, 4) is 0 Å². The number of nitrogens with one attached hydrogen (secondary N) is 1. The van der Waals surface area contributed by atoms with Gasteiger partial charge in [-0.25, -0.2) is 0 Å². The van der Waals surface area contributed by atoms with Gasteiger partial charge in [-0.05, 0) is 44.1 Å². The van der Waals surface area contributed by atoms with Crippen molar-refractivity contribution in [1.82, 2.24) is 5.32 Å². The fraction of sp³-hybridized carbons (Fsp3) is 1.00. The fourth-order valence-electron chi connectivity index (χ4n) is 2.43. The van der Waals surface area contributed by atoms with E-state index in [9.17, 15) is 0 Å². The Balaban J connectivity index is 2.18. The van der Waals surface area contributed by atoms with Gasteiger partial charge in [0.2, 0.25) is 0 Å². The first-order valence-corrected chi connectivity index (χ1v) is 5.97. The normalized spacial score (nSPS) is 34.8. The van der Waals surface area contributed by atoms with Crippen molar-refractivity contribution in [2.75, 3.05) is 6.54 Å². The van der Waals surface area contributed by atoms with Gasteiger partial charge in [0.1, 0.15) is 0 Å². The highest BCUT2D eigenvalue weighted by atomic mass is 14.9. The van der Waals surface area contributed by atoms with Crippen LogP contribution in [0.15, 0.2) is 0 Å². The van der Waals surface area contributed by atoms with Crippen molar-refractivity contribution in [2.24, 2.45) is 11.8 Å². The molecule has 3 unspecified atom stereocenters. The van der Waals surface area contributed by atoms with Gasteiger partial charge < -0.3 is 5.32 Å². The van der Waals surface area contributed by atoms with E-state index in [4.69, 9.17) is 0 Å². The van der Waals surface area contributed by atoms with E-state index in [-0.39, 0.29) is 0 Å². The molecule has 0 spiro atoms. The summed E-state index contributed by atoms with van der Waals surface area (Å²) in [5.74, 6) is 1.85. The van der Waals surface area contributed by atoms with Crippen molar-refractivity contribution in [1.29, 1.82) is 0 Å². The molecule has 3 atom stereocenters. The number of rotatable bonds is 4. The maximum absolute atomic E-state index is 3.69. The number of hydrogen-bond acceptors (Lipinski definition) is 1. The maximum Gasteiger partial charge on any atom is 0.00928 e. The molecular formula is C12H25N. The molecule has 1 nitrogen and oxygen atoms in total. The monoisotopic (exact) mass is 183 g/mol. The van der Waals surface area contributed by atoms with Gasteiger partial charge in [-0.15, -0.1) is 0 Å². The standard InChI is InChI=1S/C12H25N/c1-4-5-8-13-12-7-6-10(2)9-11(12)3/h10-13H,4-9H2,1-3H3.